The van der Waals surface area contributed by atoms with Crippen molar-refractivity contribution in [2.24, 2.45) is 0 Å². The van der Waals surface area contributed by atoms with E-state index in [0.717, 1.165) is 12.8 Å². The van der Waals surface area contributed by atoms with Gasteiger partial charge in [0, 0.05) is 0 Å². The van der Waals surface area contributed by atoms with Crippen LogP contribution in [0, 0.1) is 0 Å². The van der Waals surface area contributed by atoms with Gasteiger partial charge in [0.25, 0.3) is 0 Å². The van der Waals surface area contributed by atoms with Crippen LogP contribution in [0.2, 0.25) is 0 Å². The number of aliphatic hydroxyl groups is 1. The zero-order chi connectivity index (χ0) is 7.19. The van der Waals surface area contributed by atoms with Crippen molar-refractivity contribution in [1.29, 1.82) is 0 Å². The summed E-state index contributed by atoms with van der Waals surface area (Å²) in [5.41, 5.74) is -0.0990. The van der Waals surface area contributed by atoms with Gasteiger partial charge in [-0.3, -0.25) is 0 Å². The summed E-state index contributed by atoms with van der Waals surface area (Å²) in [6.07, 6.45) is 4.85. The zero-order valence-electron chi connectivity index (χ0n) is 6.34. The van der Waals surface area contributed by atoms with Crippen molar-refractivity contribution < 1.29 is 9.84 Å². The maximum absolute atomic E-state index is 9.35. The second-order valence-electron chi connectivity index (χ2n) is 3.48. The third-order valence-corrected chi connectivity index (χ3v) is 2.84. The topological polar surface area (TPSA) is 32.8 Å². The van der Waals surface area contributed by atoms with Crippen LogP contribution in [0.25, 0.3) is 0 Å². The number of hydrogen-bond acceptors (Lipinski definition) is 2. The van der Waals surface area contributed by atoms with Crippen LogP contribution >= 0.6 is 0 Å². The molecule has 2 aliphatic rings. The van der Waals surface area contributed by atoms with Gasteiger partial charge in [-0.2, -0.15) is 0 Å². The number of ether oxygens (including phenoxy) is 1. The van der Waals surface area contributed by atoms with E-state index < -0.39 is 0 Å². The van der Waals surface area contributed by atoms with Crippen molar-refractivity contribution in [3.63, 3.8) is 0 Å². The van der Waals surface area contributed by atoms with Gasteiger partial charge in [0.1, 0.15) is 5.60 Å². The van der Waals surface area contributed by atoms with Crippen LogP contribution < -0.4 is 0 Å². The van der Waals surface area contributed by atoms with Crippen LogP contribution in [-0.4, -0.2) is 22.9 Å². The monoisotopic (exact) mass is 142 g/mol. The van der Waals surface area contributed by atoms with Gasteiger partial charge in [0.05, 0.1) is 12.2 Å². The lowest BCUT2D eigenvalue weighted by atomic mass is 9.86. The van der Waals surface area contributed by atoms with Crippen LogP contribution in [0.4, 0.5) is 0 Å². The van der Waals surface area contributed by atoms with Crippen LogP contribution in [0.3, 0.4) is 0 Å². The Hall–Kier alpha value is -0.0800. The predicted octanol–water partition coefficient (Wildman–Crippen LogP) is 1.08. The van der Waals surface area contributed by atoms with E-state index in [9.17, 15) is 5.11 Å². The third-order valence-electron chi connectivity index (χ3n) is 2.84. The lowest BCUT2D eigenvalue weighted by Gasteiger charge is -2.19. The van der Waals surface area contributed by atoms with Gasteiger partial charge in [0.2, 0.25) is 0 Å². The molecule has 1 N–H and O–H groups in total. The summed E-state index contributed by atoms with van der Waals surface area (Å²) in [5, 5.41) is 9.35. The van der Waals surface area contributed by atoms with Gasteiger partial charge in [-0.1, -0.05) is 12.8 Å². The van der Waals surface area contributed by atoms with Crippen LogP contribution in [0.1, 0.15) is 32.6 Å². The summed E-state index contributed by atoms with van der Waals surface area (Å²) in [6, 6.07) is 0. The Labute approximate surface area is 61.2 Å². The second kappa shape index (κ2) is 1.95. The molecule has 2 fully saturated rings. The highest BCUT2D eigenvalue weighted by molar-refractivity contribution is 5.08. The quantitative estimate of drug-likeness (QED) is 0.556. The van der Waals surface area contributed by atoms with E-state index >= 15 is 0 Å². The zero-order valence-corrected chi connectivity index (χ0v) is 6.34. The molecule has 1 aliphatic carbocycles. The van der Waals surface area contributed by atoms with E-state index in [0.29, 0.717) is 6.10 Å². The Balaban J connectivity index is 2.05. The van der Waals surface area contributed by atoms with E-state index in [2.05, 4.69) is 0 Å². The van der Waals surface area contributed by atoms with E-state index in [1.165, 1.54) is 12.8 Å². The summed E-state index contributed by atoms with van der Waals surface area (Å²) in [5.74, 6) is 0. The van der Waals surface area contributed by atoms with Crippen molar-refractivity contribution in [3.8, 4) is 0 Å². The van der Waals surface area contributed by atoms with E-state index in [4.69, 9.17) is 4.74 Å². The first-order valence-corrected chi connectivity index (χ1v) is 4.11. The average Bonchev–Trinajstić information content (AvgIpc) is 2.61. The Morgan fingerprint density at radius 3 is 2.90 bits per heavy atom. The molecule has 10 heavy (non-hydrogen) atoms. The van der Waals surface area contributed by atoms with Crippen molar-refractivity contribution >= 4 is 0 Å². The molecule has 0 bridgehead atoms. The predicted molar refractivity (Wildman–Crippen MR) is 37.8 cm³/mol. The van der Waals surface area contributed by atoms with Crippen molar-refractivity contribution in [2.75, 3.05) is 0 Å². The number of fused-ring (bicyclic) bond motifs is 1. The molecule has 2 heteroatoms. The molecule has 1 aliphatic heterocycles. The normalized spacial score (nSPS) is 48.0. The van der Waals surface area contributed by atoms with Crippen molar-refractivity contribution in [2.45, 2.75) is 50.4 Å². The smallest absolute Gasteiger partial charge is 0.120 e. The highest BCUT2D eigenvalue weighted by Crippen LogP contribution is 2.49. The molecule has 2 nitrogen and oxygen atoms in total. The summed E-state index contributed by atoms with van der Waals surface area (Å²) in [6.45, 7) is 1.84. The van der Waals surface area contributed by atoms with Gasteiger partial charge in [0.15, 0.2) is 0 Å². The Bertz CT molecular complexity index is 144. The molecule has 0 radical (unpaired) electrons. The number of rotatable bonds is 1. The summed E-state index contributed by atoms with van der Waals surface area (Å²) >= 11 is 0. The molecule has 0 aromatic rings. The van der Waals surface area contributed by atoms with E-state index in [1.807, 2.05) is 6.92 Å². The Morgan fingerprint density at radius 1 is 1.60 bits per heavy atom. The van der Waals surface area contributed by atoms with E-state index in [-0.39, 0.29) is 11.7 Å². The minimum Gasteiger partial charge on any atom is -0.390 e. The molecule has 0 aromatic heterocycles. The second-order valence-corrected chi connectivity index (χ2v) is 3.48. The average molecular weight is 142 g/mol. The minimum absolute atomic E-state index is 0.0990. The number of aliphatic hydroxyl groups excluding tert-OH is 1. The summed E-state index contributed by atoms with van der Waals surface area (Å²) in [4.78, 5) is 0. The Kier molecular flexibility index (Phi) is 1.29. The molecule has 1 saturated heterocycles. The molecule has 0 spiro atoms. The van der Waals surface area contributed by atoms with Crippen molar-refractivity contribution in [3.05, 3.63) is 0 Å². The van der Waals surface area contributed by atoms with Crippen LogP contribution in [0.15, 0.2) is 0 Å². The first kappa shape index (κ1) is 6.62. The van der Waals surface area contributed by atoms with Crippen LogP contribution in [0.5, 0.6) is 0 Å². The van der Waals surface area contributed by atoms with Gasteiger partial charge >= 0.3 is 0 Å². The first-order chi connectivity index (χ1) is 4.76. The molecule has 1 saturated carbocycles. The molecule has 0 aromatic carbocycles. The fourth-order valence-corrected chi connectivity index (χ4v) is 2.06. The molecule has 3 atom stereocenters. The fraction of sp³-hybridized carbons (Fsp3) is 1.00. The number of epoxide rings is 1. The highest BCUT2D eigenvalue weighted by atomic mass is 16.6. The molecule has 1 heterocycles. The van der Waals surface area contributed by atoms with Crippen LogP contribution in [-0.2, 0) is 4.74 Å². The lowest BCUT2D eigenvalue weighted by Crippen LogP contribution is -2.31. The van der Waals surface area contributed by atoms with Gasteiger partial charge < -0.3 is 9.84 Å². The van der Waals surface area contributed by atoms with Gasteiger partial charge in [-0.05, 0) is 19.8 Å². The molecule has 2 unspecified atom stereocenters. The molecule has 2 rings (SSSR count). The maximum Gasteiger partial charge on any atom is 0.120 e. The molecular formula is C8H14O2. The fourth-order valence-electron chi connectivity index (χ4n) is 2.06. The Morgan fingerprint density at radius 2 is 2.40 bits per heavy atom. The first-order valence-electron chi connectivity index (χ1n) is 4.11. The van der Waals surface area contributed by atoms with E-state index in [1.54, 1.807) is 0 Å². The number of hydrogen-bond donors (Lipinski definition) is 1. The van der Waals surface area contributed by atoms with Gasteiger partial charge in [-0.25, -0.2) is 0 Å². The summed E-state index contributed by atoms with van der Waals surface area (Å²) < 4.78 is 5.48. The van der Waals surface area contributed by atoms with Gasteiger partial charge in [-0.15, -0.1) is 0 Å². The minimum atomic E-state index is -0.266. The third kappa shape index (κ3) is 0.722. The largest absolute Gasteiger partial charge is 0.390 e. The van der Waals surface area contributed by atoms with Crippen molar-refractivity contribution in [1.82, 2.24) is 0 Å². The molecule has 58 valence electrons. The maximum atomic E-state index is 9.35. The molecule has 0 amide bonds. The standard InChI is InChI=1S/C8H14O2/c1-6(9)8-5-3-2-4-7(8)10-8/h6-7,9H,2-5H2,1H3/t6-,7?,8?/m0/s1. The lowest BCUT2D eigenvalue weighted by molar-refractivity contribution is 0.0821. The summed E-state index contributed by atoms with van der Waals surface area (Å²) in [7, 11) is 0. The molecular weight excluding hydrogens is 128 g/mol. The highest BCUT2D eigenvalue weighted by Gasteiger charge is 2.60. The SMILES string of the molecule is C[C@H](O)C12CCCCC1O2.